The van der Waals surface area contributed by atoms with Crippen molar-refractivity contribution in [3.05, 3.63) is 45.8 Å². The molecule has 1 aliphatic rings. The minimum absolute atomic E-state index is 0.0451. The Morgan fingerprint density at radius 2 is 1.82 bits per heavy atom. The Morgan fingerprint density at radius 3 is 2.32 bits per heavy atom. The Bertz CT molecular complexity index is 1050. The van der Waals surface area contributed by atoms with E-state index in [0.29, 0.717) is 11.3 Å². The fraction of sp³-hybridized carbons (Fsp3) is 0.545. The molecule has 1 heterocycles. The average Bonchev–Trinajstić information content (AvgIpc) is 2.72. The van der Waals surface area contributed by atoms with Crippen LogP contribution < -0.4 is 5.32 Å². The minimum Gasteiger partial charge on any atom is -0.452 e. The van der Waals surface area contributed by atoms with Gasteiger partial charge >= 0.3 is 11.7 Å². The summed E-state index contributed by atoms with van der Waals surface area (Å²) in [7, 11) is -2.14. The van der Waals surface area contributed by atoms with Crippen molar-refractivity contribution >= 4 is 37.4 Å². The summed E-state index contributed by atoms with van der Waals surface area (Å²) in [6.45, 7) is 12.1. The normalized spacial score (nSPS) is 18.5. The van der Waals surface area contributed by atoms with Crippen molar-refractivity contribution in [3.63, 3.8) is 0 Å². The van der Waals surface area contributed by atoms with Gasteiger partial charge in [-0.25, -0.2) is 4.79 Å². The van der Waals surface area contributed by atoms with E-state index >= 15 is 0 Å². The van der Waals surface area contributed by atoms with E-state index in [1.807, 2.05) is 6.92 Å². The number of ether oxygens (including phenoxy) is 1. The molecule has 1 aromatic carbocycles. The highest BCUT2D eigenvalue weighted by molar-refractivity contribution is 6.74. The minimum atomic E-state index is -2.14. The first kappa shape index (κ1) is 26.9. The second-order valence-corrected chi connectivity index (χ2v) is 14.5. The molecule has 11 nitrogen and oxygen atoms in total. The first-order valence-electron chi connectivity index (χ1n) is 10.9. The van der Waals surface area contributed by atoms with Gasteiger partial charge in [-0.1, -0.05) is 50.2 Å². The van der Waals surface area contributed by atoms with Gasteiger partial charge in [-0.3, -0.25) is 9.59 Å². The third-order valence-corrected chi connectivity index (χ3v) is 10.9. The Kier molecular flexibility index (Phi) is 8.52. The standard InChI is InChI=1S/C22H30N6O5Si/c1-13(33-34(5,6)22(2,3)4)18-16(25-20(18)30)11-17(29)19(26-23)21(31)32-12-14-7-9-15(10-8-14)27-28-24/h7-10,13,16,18H,11-12H2,1-6H3,(H,25,30)/t13-,16-,18-/m1/s1. The molecule has 0 radical (unpaired) electrons. The zero-order valence-electron chi connectivity index (χ0n) is 20.2. The van der Waals surface area contributed by atoms with Crippen LogP contribution in [0.2, 0.25) is 18.1 Å². The number of nitrogens with one attached hydrogen (secondary N) is 1. The number of amides is 1. The van der Waals surface area contributed by atoms with E-state index in [0.717, 1.165) is 0 Å². The molecule has 1 aliphatic heterocycles. The van der Waals surface area contributed by atoms with E-state index in [2.05, 4.69) is 54.0 Å². The summed E-state index contributed by atoms with van der Waals surface area (Å²) in [4.78, 5) is 42.7. The average molecular weight is 487 g/mol. The highest BCUT2D eigenvalue weighted by Gasteiger charge is 2.49. The number of β-lactam (4-membered cyclic amide) rings is 1. The number of ketones is 1. The lowest BCUT2D eigenvalue weighted by atomic mass is 9.82. The summed E-state index contributed by atoms with van der Waals surface area (Å²) < 4.78 is 11.4. The molecule has 1 fully saturated rings. The van der Waals surface area contributed by atoms with Crippen LogP contribution in [0.15, 0.2) is 29.4 Å². The number of azide groups is 1. The van der Waals surface area contributed by atoms with Gasteiger partial charge in [0.1, 0.15) is 6.61 Å². The van der Waals surface area contributed by atoms with Crippen molar-refractivity contribution in [1.82, 2.24) is 5.32 Å². The van der Waals surface area contributed by atoms with Gasteiger partial charge in [0.15, 0.2) is 8.32 Å². The number of carbonyl (C=O) groups excluding carboxylic acids is 3. The van der Waals surface area contributed by atoms with E-state index in [1.54, 1.807) is 24.3 Å². The molecular weight excluding hydrogens is 456 g/mol. The summed E-state index contributed by atoms with van der Waals surface area (Å²) in [5, 5.41) is 6.07. The number of hydrogen-bond acceptors (Lipinski definition) is 6. The van der Waals surface area contributed by atoms with Gasteiger partial charge in [-0.15, -0.1) is 0 Å². The van der Waals surface area contributed by atoms with E-state index in [4.69, 9.17) is 14.7 Å². The van der Waals surface area contributed by atoms with Crippen molar-refractivity contribution < 1.29 is 28.3 Å². The number of esters is 1. The van der Waals surface area contributed by atoms with Crippen LogP contribution in [-0.4, -0.2) is 48.6 Å². The molecular formula is C22H30N6O5Si. The number of rotatable bonds is 10. The number of hydrogen-bond donors (Lipinski definition) is 1. The maximum Gasteiger partial charge on any atom is 0.441 e. The second kappa shape index (κ2) is 10.7. The summed E-state index contributed by atoms with van der Waals surface area (Å²) in [6.07, 6.45) is -0.640. The number of nitrogens with zero attached hydrogens (tertiary/aromatic N) is 5. The van der Waals surface area contributed by atoms with E-state index < -0.39 is 43.8 Å². The molecule has 0 aromatic heterocycles. The first-order valence-corrected chi connectivity index (χ1v) is 13.8. The number of Topliss-reactive ketones (excluding diaryl/α,β-unsaturated/α-hetero) is 1. The first-order chi connectivity index (χ1) is 15.8. The molecule has 1 saturated heterocycles. The largest absolute Gasteiger partial charge is 0.452 e. The highest BCUT2D eigenvalue weighted by atomic mass is 28.4. The van der Waals surface area contributed by atoms with E-state index in [-0.39, 0.29) is 24.0 Å². The van der Waals surface area contributed by atoms with Crippen molar-refractivity contribution in [1.29, 1.82) is 0 Å². The Morgan fingerprint density at radius 1 is 1.21 bits per heavy atom. The molecule has 12 heteroatoms. The lowest BCUT2D eigenvalue weighted by molar-refractivity contribution is -0.144. The third-order valence-electron chi connectivity index (χ3n) is 6.29. The van der Waals surface area contributed by atoms with Gasteiger partial charge in [0.25, 0.3) is 5.78 Å². The lowest BCUT2D eigenvalue weighted by Gasteiger charge is -2.45. The van der Waals surface area contributed by atoms with Gasteiger partial charge in [0.05, 0.1) is 18.1 Å². The molecule has 0 spiro atoms. The van der Waals surface area contributed by atoms with Crippen molar-refractivity contribution in [2.75, 3.05) is 0 Å². The Balaban J connectivity index is 1.98. The topological polar surface area (TPSA) is 167 Å². The summed E-state index contributed by atoms with van der Waals surface area (Å²) in [6, 6.07) is 5.72. The molecule has 182 valence electrons. The molecule has 0 unspecified atom stereocenters. The fourth-order valence-electron chi connectivity index (χ4n) is 3.32. The smallest absolute Gasteiger partial charge is 0.441 e. The molecule has 2 rings (SSSR count). The van der Waals surface area contributed by atoms with Gasteiger partial charge in [-0.2, -0.15) is 4.79 Å². The van der Waals surface area contributed by atoms with Crippen LogP contribution in [-0.2, 0) is 30.2 Å². The van der Waals surface area contributed by atoms with Crippen LogP contribution in [0.4, 0.5) is 5.69 Å². The molecule has 0 saturated carbocycles. The quantitative estimate of drug-likeness (QED) is 0.0774. The zero-order chi connectivity index (χ0) is 25.7. The van der Waals surface area contributed by atoms with Gasteiger partial charge in [-0.05, 0) is 36.2 Å². The molecule has 0 aliphatic carbocycles. The molecule has 1 amide bonds. The van der Waals surface area contributed by atoms with Crippen LogP contribution in [0.3, 0.4) is 0 Å². The SMILES string of the molecule is C[C@@H](O[Si](C)(C)C(C)(C)C)[C@H]1C(=O)N[C@@H]1CC(=O)C(=[N+]=[N-])C(=O)OCc1ccc(N=[N+]=[N-])cc1. The molecule has 34 heavy (non-hydrogen) atoms. The zero-order valence-corrected chi connectivity index (χ0v) is 21.2. The van der Waals surface area contributed by atoms with Crippen molar-refractivity contribution in [2.45, 2.75) is 71.0 Å². The molecule has 0 bridgehead atoms. The lowest BCUT2D eigenvalue weighted by Crippen LogP contribution is -2.64. The summed E-state index contributed by atoms with van der Waals surface area (Å²) in [5.41, 5.74) is 17.9. The van der Waals surface area contributed by atoms with Gasteiger partial charge in [0, 0.05) is 17.0 Å². The maximum atomic E-state index is 12.6. The Hall–Kier alpha value is -3.30. The van der Waals surface area contributed by atoms with Crippen LogP contribution in [0.1, 0.15) is 39.7 Å². The van der Waals surface area contributed by atoms with E-state index in [1.165, 1.54) is 0 Å². The summed E-state index contributed by atoms with van der Waals surface area (Å²) >= 11 is 0. The van der Waals surface area contributed by atoms with Crippen molar-refractivity contribution in [3.8, 4) is 0 Å². The number of carbonyl (C=O) groups is 3. The van der Waals surface area contributed by atoms with Gasteiger partial charge < -0.3 is 20.0 Å². The molecule has 3 atom stereocenters. The highest BCUT2D eigenvalue weighted by Crippen LogP contribution is 2.39. The molecule has 1 N–H and O–H groups in total. The van der Waals surface area contributed by atoms with Gasteiger partial charge in [0.2, 0.25) is 5.91 Å². The summed E-state index contributed by atoms with van der Waals surface area (Å²) in [5.74, 6) is -2.61. The van der Waals surface area contributed by atoms with E-state index in [9.17, 15) is 19.9 Å². The number of benzene rings is 1. The van der Waals surface area contributed by atoms with Crippen LogP contribution >= 0.6 is 0 Å². The van der Waals surface area contributed by atoms with Crippen LogP contribution in [0.25, 0.3) is 16.0 Å². The monoisotopic (exact) mass is 486 g/mol. The Labute approximate surface area is 199 Å². The third kappa shape index (κ3) is 6.39. The van der Waals surface area contributed by atoms with Crippen molar-refractivity contribution in [2.24, 2.45) is 11.0 Å². The predicted octanol–water partition coefficient (Wildman–Crippen LogP) is 3.83. The van der Waals surface area contributed by atoms with Crippen LogP contribution in [0, 0.1) is 5.92 Å². The fourth-order valence-corrected chi connectivity index (χ4v) is 4.75. The van der Waals surface area contributed by atoms with Crippen LogP contribution in [0.5, 0.6) is 0 Å². The second-order valence-electron chi connectivity index (χ2n) is 9.73. The maximum absolute atomic E-state index is 12.6. The molecule has 1 aromatic rings. The predicted molar refractivity (Wildman–Crippen MR) is 126 cm³/mol.